The van der Waals surface area contributed by atoms with E-state index in [2.05, 4.69) is 25.6 Å². The van der Waals surface area contributed by atoms with Crippen molar-refractivity contribution in [3.8, 4) is 0 Å². The fourth-order valence-corrected chi connectivity index (χ4v) is 7.63. The first kappa shape index (κ1) is 24.5. The minimum absolute atomic E-state index is 0.0236. The van der Waals surface area contributed by atoms with E-state index < -0.39 is 32.1 Å². The van der Waals surface area contributed by atoms with Gasteiger partial charge in [0.25, 0.3) is 0 Å². The molecule has 2 atom stereocenters. The highest BCUT2D eigenvalue weighted by molar-refractivity contribution is 7.92. The number of nitrogens with zero attached hydrogens (tertiary/aromatic N) is 3. The first-order chi connectivity index (χ1) is 17.1. The number of anilines is 3. The number of aromatic nitrogens is 3. The molecule has 5 rings (SSSR count). The Morgan fingerprint density at radius 3 is 2.56 bits per heavy atom. The van der Waals surface area contributed by atoms with Crippen molar-refractivity contribution in [1.29, 1.82) is 0 Å². The minimum atomic E-state index is -4.64. The first-order valence-electron chi connectivity index (χ1n) is 11.8. The minimum Gasteiger partial charge on any atom is -0.365 e. The monoisotopic (exact) mass is 517 g/mol. The van der Waals surface area contributed by atoms with Crippen LogP contribution in [0.1, 0.15) is 77.5 Å². The predicted octanol–water partition coefficient (Wildman–Crippen LogP) is 6.06. The van der Waals surface area contributed by atoms with Crippen molar-refractivity contribution in [3.05, 3.63) is 70.7 Å². The Balaban J connectivity index is 1.43. The number of halogens is 3. The normalized spacial score (nSPS) is 20.3. The van der Waals surface area contributed by atoms with Crippen molar-refractivity contribution in [2.45, 2.75) is 62.2 Å². The molecule has 0 saturated carbocycles. The molecular weight excluding hydrogens is 491 g/mol. The van der Waals surface area contributed by atoms with Crippen LogP contribution in [0.5, 0.6) is 0 Å². The third kappa shape index (κ3) is 4.40. The van der Waals surface area contributed by atoms with E-state index in [1.165, 1.54) is 0 Å². The Hall–Kier alpha value is -3.21. The molecule has 0 amide bonds. The molecule has 2 aliphatic rings. The molecule has 190 valence electrons. The molecule has 3 aromatic rings. The van der Waals surface area contributed by atoms with Crippen molar-refractivity contribution < 1.29 is 21.6 Å². The molecule has 4 heterocycles. The van der Waals surface area contributed by atoms with Crippen molar-refractivity contribution in [2.75, 3.05) is 10.6 Å². The maximum Gasteiger partial charge on any atom is 0.421 e. The Bertz CT molecular complexity index is 1410. The Labute approximate surface area is 207 Å². The molecule has 1 aromatic carbocycles. The zero-order valence-corrected chi connectivity index (χ0v) is 20.6. The van der Waals surface area contributed by atoms with E-state index in [-0.39, 0.29) is 24.2 Å². The number of fused-ring (bicyclic) bond motifs is 5. The number of hydrogen-bond donors (Lipinski definition) is 2. The van der Waals surface area contributed by atoms with Crippen LogP contribution in [0.2, 0.25) is 0 Å². The summed E-state index contributed by atoms with van der Waals surface area (Å²) in [5.74, 6) is -0.265. The number of benzene rings is 1. The van der Waals surface area contributed by atoms with Crippen molar-refractivity contribution in [1.82, 2.24) is 15.0 Å². The molecule has 2 aromatic heterocycles. The molecule has 36 heavy (non-hydrogen) atoms. The van der Waals surface area contributed by atoms with Gasteiger partial charge in [-0.05, 0) is 53.6 Å². The molecule has 1 saturated heterocycles. The molecular formula is C25H26F3N5O2S. The smallest absolute Gasteiger partial charge is 0.365 e. The van der Waals surface area contributed by atoms with E-state index in [1.54, 1.807) is 30.5 Å². The van der Waals surface area contributed by atoms with Gasteiger partial charge in [0.2, 0.25) is 5.95 Å². The quantitative estimate of drug-likeness (QED) is 0.410. The van der Waals surface area contributed by atoms with Crippen LogP contribution >= 0.6 is 0 Å². The van der Waals surface area contributed by atoms with Crippen LogP contribution in [-0.4, -0.2) is 23.4 Å². The summed E-state index contributed by atoms with van der Waals surface area (Å²) in [7, 11) is -3.25. The highest BCUT2D eigenvalue weighted by atomic mass is 32.2. The average Bonchev–Trinajstić information content (AvgIpc) is 2.93. The Kier molecular flexibility index (Phi) is 6.14. The van der Waals surface area contributed by atoms with Crippen molar-refractivity contribution in [3.63, 3.8) is 0 Å². The van der Waals surface area contributed by atoms with Crippen LogP contribution in [0.3, 0.4) is 0 Å². The van der Waals surface area contributed by atoms with Gasteiger partial charge in [-0.3, -0.25) is 4.98 Å². The van der Waals surface area contributed by atoms with Gasteiger partial charge in [-0.25, -0.2) is 13.4 Å². The van der Waals surface area contributed by atoms with Crippen LogP contribution in [0, 0.1) is 0 Å². The van der Waals surface area contributed by atoms with Crippen molar-refractivity contribution in [2.24, 2.45) is 0 Å². The van der Waals surface area contributed by atoms with Crippen LogP contribution in [0.15, 0.2) is 42.7 Å². The predicted molar refractivity (Wildman–Crippen MR) is 131 cm³/mol. The second-order valence-electron chi connectivity index (χ2n) is 9.48. The van der Waals surface area contributed by atoms with Gasteiger partial charge in [0, 0.05) is 30.3 Å². The lowest BCUT2D eigenvalue weighted by atomic mass is 10.0. The van der Waals surface area contributed by atoms with Crippen LogP contribution in [-0.2, 0) is 22.6 Å². The molecule has 1 fully saturated rings. The van der Waals surface area contributed by atoms with Gasteiger partial charge >= 0.3 is 6.18 Å². The maximum absolute atomic E-state index is 13.7. The molecule has 0 spiro atoms. The first-order valence-corrected chi connectivity index (χ1v) is 13.4. The highest BCUT2D eigenvalue weighted by Crippen LogP contribution is 2.53. The molecule has 0 radical (unpaired) electrons. The zero-order chi connectivity index (χ0) is 25.7. The number of hydrogen-bond acceptors (Lipinski definition) is 7. The highest BCUT2D eigenvalue weighted by Gasteiger charge is 2.47. The van der Waals surface area contributed by atoms with Gasteiger partial charge in [0.15, 0.2) is 9.84 Å². The lowest BCUT2D eigenvalue weighted by Gasteiger charge is -2.19. The van der Waals surface area contributed by atoms with Crippen LogP contribution < -0.4 is 10.6 Å². The third-order valence-corrected chi connectivity index (χ3v) is 9.34. The van der Waals surface area contributed by atoms with E-state index in [0.717, 1.165) is 35.0 Å². The maximum atomic E-state index is 13.7. The summed E-state index contributed by atoms with van der Waals surface area (Å²) in [5.41, 5.74) is 2.69. The molecule has 7 nitrogen and oxygen atoms in total. The molecule has 2 bridgehead atoms. The van der Waals surface area contributed by atoms with Gasteiger partial charge in [-0.1, -0.05) is 32.4 Å². The number of rotatable bonds is 6. The van der Waals surface area contributed by atoms with E-state index >= 15 is 0 Å². The molecule has 0 aliphatic carbocycles. The summed E-state index contributed by atoms with van der Waals surface area (Å²) in [5, 5.41) is 4.76. The van der Waals surface area contributed by atoms with E-state index in [1.807, 2.05) is 19.9 Å². The standard InChI is InChI=1S/C25H26F3N5O2S/c1-14(2)22-15(5-4-10-29-22)12-30-23-19(25(26,27)28)13-31-24(33-23)32-16-8-9-17-18(11-16)21-7-3-6-20(17)36(21,34)35/h4-5,8-11,13-14,20-21H,3,6-7,12H2,1-2H3,(H2,30,31,32,33). The van der Waals surface area contributed by atoms with Gasteiger partial charge < -0.3 is 10.6 Å². The number of pyridine rings is 1. The average molecular weight is 518 g/mol. The van der Waals surface area contributed by atoms with E-state index in [4.69, 9.17) is 0 Å². The summed E-state index contributed by atoms with van der Waals surface area (Å²) < 4.78 is 66.6. The summed E-state index contributed by atoms with van der Waals surface area (Å²) in [6.45, 7) is 4.05. The number of alkyl halides is 3. The topological polar surface area (TPSA) is 96.9 Å². The molecule has 2 N–H and O–H groups in total. The summed E-state index contributed by atoms with van der Waals surface area (Å²) in [6, 6.07) is 8.81. The second kappa shape index (κ2) is 9.02. The van der Waals surface area contributed by atoms with E-state index in [0.29, 0.717) is 18.5 Å². The van der Waals surface area contributed by atoms with Gasteiger partial charge in [0.05, 0.1) is 10.5 Å². The Morgan fingerprint density at radius 1 is 1.08 bits per heavy atom. The molecule has 11 heteroatoms. The third-order valence-electron chi connectivity index (χ3n) is 6.78. The number of nitrogens with one attached hydrogen (secondary N) is 2. The van der Waals surface area contributed by atoms with Gasteiger partial charge in [-0.15, -0.1) is 0 Å². The van der Waals surface area contributed by atoms with Gasteiger partial charge in [-0.2, -0.15) is 18.2 Å². The summed E-state index contributed by atoms with van der Waals surface area (Å²) in [6.07, 6.45) is -0.204. The lowest BCUT2D eigenvalue weighted by Crippen LogP contribution is -2.17. The Morgan fingerprint density at radius 2 is 1.83 bits per heavy atom. The molecule has 2 unspecified atom stereocenters. The number of sulfone groups is 1. The lowest BCUT2D eigenvalue weighted by molar-refractivity contribution is -0.137. The van der Waals surface area contributed by atoms with Crippen molar-refractivity contribution >= 4 is 27.3 Å². The van der Waals surface area contributed by atoms with Crippen LogP contribution in [0.25, 0.3) is 0 Å². The van der Waals surface area contributed by atoms with Crippen LogP contribution in [0.4, 0.5) is 30.6 Å². The summed E-state index contributed by atoms with van der Waals surface area (Å²) >= 11 is 0. The summed E-state index contributed by atoms with van der Waals surface area (Å²) in [4.78, 5) is 12.3. The largest absolute Gasteiger partial charge is 0.421 e. The van der Waals surface area contributed by atoms with E-state index in [9.17, 15) is 21.6 Å². The zero-order valence-electron chi connectivity index (χ0n) is 19.8. The SMILES string of the molecule is CC(C)c1ncccc1CNc1nc(Nc2ccc3c(c2)C2CCCC3S2(=O)=O)ncc1C(F)(F)F. The molecule has 2 aliphatic heterocycles. The second-order valence-corrected chi connectivity index (χ2v) is 11.8. The van der Waals surface area contributed by atoms with Gasteiger partial charge in [0.1, 0.15) is 11.4 Å². The fraction of sp³-hybridized carbons (Fsp3) is 0.400. The fourth-order valence-electron chi connectivity index (χ4n) is 5.12.